The van der Waals surface area contributed by atoms with Crippen molar-refractivity contribution >= 4 is 11.9 Å². The highest BCUT2D eigenvalue weighted by Crippen LogP contribution is 2.06. The summed E-state index contributed by atoms with van der Waals surface area (Å²) in [6.07, 6.45) is -0.0783. The zero-order valence-corrected chi connectivity index (χ0v) is 8.56. The molecule has 0 aliphatic heterocycles. The number of aromatic nitrogens is 2. The molecule has 0 saturated carbocycles. The van der Waals surface area contributed by atoms with Crippen LogP contribution >= 0.6 is 0 Å². The third-order valence-electron chi connectivity index (χ3n) is 1.83. The average molecular weight is 212 g/mol. The Bertz CT molecular complexity index is 383. The van der Waals surface area contributed by atoms with E-state index in [4.69, 9.17) is 5.11 Å². The topological polar surface area (TPSA) is 81.4 Å². The van der Waals surface area contributed by atoms with Crippen LogP contribution in [0.1, 0.15) is 22.6 Å². The minimum atomic E-state index is -0.932. The van der Waals surface area contributed by atoms with Crippen LogP contribution in [0.4, 0.5) is 0 Å². The number of rotatable bonds is 4. The van der Waals surface area contributed by atoms with Crippen LogP contribution in [-0.2, 0) is 16.1 Å². The molecule has 0 unspecified atom stereocenters. The molecule has 0 aliphatic carbocycles. The number of hydrogen-bond acceptors (Lipinski definition) is 4. The molecule has 0 fully saturated rings. The second-order valence-electron chi connectivity index (χ2n) is 3.03. The van der Waals surface area contributed by atoms with E-state index in [0.717, 1.165) is 0 Å². The number of methoxy groups -OCH3 is 1. The van der Waals surface area contributed by atoms with Gasteiger partial charge in [-0.05, 0) is 13.0 Å². The fourth-order valence-corrected chi connectivity index (χ4v) is 1.19. The highest BCUT2D eigenvalue weighted by molar-refractivity contribution is 5.87. The van der Waals surface area contributed by atoms with Crippen molar-refractivity contribution in [1.82, 2.24) is 9.78 Å². The summed E-state index contributed by atoms with van der Waals surface area (Å²) in [5, 5.41) is 12.5. The molecule has 0 radical (unpaired) electrons. The van der Waals surface area contributed by atoms with Crippen molar-refractivity contribution in [3.8, 4) is 0 Å². The van der Waals surface area contributed by atoms with E-state index in [2.05, 4.69) is 9.84 Å². The molecule has 1 aromatic heterocycles. The van der Waals surface area contributed by atoms with Gasteiger partial charge in [-0.3, -0.25) is 9.48 Å². The van der Waals surface area contributed by atoms with Crippen molar-refractivity contribution in [3.05, 3.63) is 17.5 Å². The molecule has 6 heteroatoms. The summed E-state index contributed by atoms with van der Waals surface area (Å²) < 4.78 is 5.89. The molecule has 0 aliphatic rings. The van der Waals surface area contributed by atoms with Gasteiger partial charge >= 0.3 is 11.9 Å². The largest absolute Gasteiger partial charge is 0.481 e. The van der Waals surface area contributed by atoms with Crippen molar-refractivity contribution in [2.24, 2.45) is 0 Å². The standard InChI is InChI=1S/C9H12N2O4/c1-6-5-7(9(14)15-2)11(10-6)4-3-8(12)13/h5H,3-4H2,1-2H3,(H,12,13). The van der Waals surface area contributed by atoms with E-state index in [-0.39, 0.29) is 18.7 Å². The first-order valence-corrected chi connectivity index (χ1v) is 4.39. The number of esters is 1. The Morgan fingerprint density at radius 1 is 1.60 bits per heavy atom. The fraction of sp³-hybridized carbons (Fsp3) is 0.444. The zero-order chi connectivity index (χ0) is 11.4. The number of ether oxygens (including phenoxy) is 1. The molecule has 0 atom stereocenters. The predicted octanol–water partition coefficient (Wildman–Crippen LogP) is 0.453. The van der Waals surface area contributed by atoms with Crippen molar-refractivity contribution in [1.29, 1.82) is 0 Å². The van der Waals surface area contributed by atoms with Crippen LogP contribution in [0.25, 0.3) is 0 Å². The second-order valence-corrected chi connectivity index (χ2v) is 3.03. The lowest BCUT2D eigenvalue weighted by Gasteiger charge is -2.03. The molecule has 0 amide bonds. The molecule has 0 bridgehead atoms. The maximum absolute atomic E-state index is 11.3. The van der Waals surface area contributed by atoms with Gasteiger partial charge in [-0.1, -0.05) is 0 Å². The Labute approximate surface area is 86.5 Å². The number of nitrogens with zero attached hydrogens (tertiary/aromatic N) is 2. The molecule has 1 heterocycles. The van der Waals surface area contributed by atoms with E-state index in [0.29, 0.717) is 5.69 Å². The average Bonchev–Trinajstić information content (AvgIpc) is 2.55. The lowest BCUT2D eigenvalue weighted by Crippen LogP contribution is -2.14. The lowest BCUT2D eigenvalue weighted by atomic mass is 10.3. The zero-order valence-electron chi connectivity index (χ0n) is 8.56. The molecular formula is C9H12N2O4. The number of carboxylic acids is 1. The maximum atomic E-state index is 11.3. The molecule has 82 valence electrons. The summed E-state index contributed by atoms with van der Waals surface area (Å²) in [5.74, 6) is -1.44. The van der Waals surface area contributed by atoms with Crippen LogP contribution in [0, 0.1) is 6.92 Å². The summed E-state index contributed by atoms with van der Waals surface area (Å²) in [5.41, 5.74) is 0.928. The number of carboxylic acid groups (broad SMARTS) is 1. The summed E-state index contributed by atoms with van der Waals surface area (Å²) in [7, 11) is 1.27. The van der Waals surface area contributed by atoms with E-state index in [1.807, 2.05) is 0 Å². The van der Waals surface area contributed by atoms with Gasteiger partial charge in [0.05, 0.1) is 25.8 Å². The molecule has 6 nitrogen and oxygen atoms in total. The normalized spacial score (nSPS) is 10.0. The van der Waals surface area contributed by atoms with Crippen LogP contribution in [0.15, 0.2) is 6.07 Å². The maximum Gasteiger partial charge on any atom is 0.356 e. The van der Waals surface area contributed by atoms with E-state index in [9.17, 15) is 9.59 Å². The van der Waals surface area contributed by atoms with Crippen LogP contribution in [-0.4, -0.2) is 33.9 Å². The second kappa shape index (κ2) is 4.59. The Balaban J connectivity index is 2.86. The third kappa shape index (κ3) is 2.80. The lowest BCUT2D eigenvalue weighted by molar-refractivity contribution is -0.137. The molecule has 0 aromatic carbocycles. The summed E-state index contributed by atoms with van der Waals surface area (Å²) in [6.45, 7) is 1.89. The van der Waals surface area contributed by atoms with Gasteiger partial charge in [0, 0.05) is 0 Å². The minimum absolute atomic E-state index is 0.0783. The Morgan fingerprint density at radius 2 is 2.27 bits per heavy atom. The predicted molar refractivity (Wildman–Crippen MR) is 50.6 cm³/mol. The summed E-state index contributed by atoms with van der Waals surface area (Å²) in [4.78, 5) is 21.6. The molecule has 15 heavy (non-hydrogen) atoms. The molecule has 1 rings (SSSR count). The monoisotopic (exact) mass is 212 g/mol. The van der Waals surface area contributed by atoms with Gasteiger partial charge < -0.3 is 9.84 Å². The van der Waals surface area contributed by atoms with E-state index in [1.54, 1.807) is 13.0 Å². The Morgan fingerprint density at radius 3 is 2.80 bits per heavy atom. The number of hydrogen-bond donors (Lipinski definition) is 1. The van der Waals surface area contributed by atoms with Crippen LogP contribution in [0.2, 0.25) is 0 Å². The number of carbonyl (C=O) groups excluding carboxylic acids is 1. The number of aliphatic carboxylic acids is 1. The van der Waals surface area contributed by atoms with Crippen LogP contribution < -0.4 is 0 Å². The Kier molecular flexibility index (Phi) is 3.43. The first-order valence-electron chi connectivity index (χ1n) is 4.39. The SMILES string of the molecule is COC(=O)c1cc(C)nn1CCC(=O)O. The molecule has 0 spiro atoms. The first kappa shape index (κ1) is 11.2. The fourth-order valence-electron chi connectivity index (χ4n) is 1.19. The molecular weight excluding hydrogens is 200 g/mol. The number of aryl methyl sites for hydroxylation is 2. The van der Waals surface area contributed by atoms with Gasteiger partial charge in [0.15, 0.2) is 0 Å². The van der Waals surface area contributed by atoms with Crippen LogP contribution in [0.5, 0.6) is 0 Å². The number of carbonyl (C=O) groups is 2. The van der Waals surface area contributed by atoms with E-state index < -0.39 is 11.9 Å². The van der Waals surface area contributed by atoms with Gasteiger partial charge in [0.2, 0.25) is 0 Å². The van der Waals surface area contributed by atoms with Crippen molar-refractivity contribution < 1.29 is 19.4 Å². The van der Waals surface area contributed by atoms with Gasteiger partial charge in [-0.15, -0.1) is 0 Å². The molecule has 1 aromatic rings. The van der Waals surface area contributed by atoms with Gasteiger partial charge in [-0.25, -0.2) is 4.79 Å². The molecule has 1 N–H and O–H groups in total. The van der Waals surface area contributed by atoms with Crippen molar-refractivity contribution in [2.75, 3.05) is 7.11 Å². The van der Waals surface area contributed by atoms with E-state index in [1.165, 1.54) is 11.8 Å². The van der Waals surface area contributed by atoms with Crippen LogP contribution in [0.3, 0.4) is 0 Å². The smallest absolute Gasteiger partial charge is 0.356 e. The van der Waals surface area contributed by atoms with Crippen molar-refractivity contribution in [3.63, 3.8) is 0 Å². The minimum Gasteiger partial charge on any atom is -0.481 e. The highest BCUT2D eigenvalue weighted by Gasteiger charge is 2.14. The van der Waals surface area contributed by atoms with Gasteiger partial charge in [-0.2, -0.15) is 5.10 Å². The van der Waals surface area contributed by atoms with Crippen molar-refractivity contribution in [2.45, 2.75) is 19.9 Å². The molecule has 0 saturated heterocycles. The highest BCUT2D eigenvalue weighted by atomic mass is 16.5. The summed E-state index contributed by atoms with van der Waals surface area (Å²) >= 11 is 0. The third-order valence-corrected chi connectivity index (χ3v) is 1.83. The van der Waals surface area contributed by atoms with Gasteiger partial charge in [0.25, 0.3) is 0 Å². The first-order chi connectivity index (χ1) is 7.04. The Hall–Kier alpha value is -1.85. The van der Waals surface area contributed by atoms with Gasteiger partial charge in [0.1, 0.15) is 5.69 Å². The summed E-state index contributed by atoms with van der Waals surface area (Å²) in [6, 6.07) is 1.56. The quantitative estimate of drug-likeness (QED) is 0.733. The van der Waals surface area contributed by atoms with E-state index >= 15 is 0 Å².